The first-order valence-electron chi connectivity index (χ1n) is 5.11. The van der Waals surface area contributed by atoms with Crippen molar-refractivity contribution in [1.29, 1.82) is 0 Å². The lowest BCUT2D eigenvalue weighted by atomic mass is 10.0. The van der Waals surface area contributed by atoms with Gasteiger partial charge in [0.05, 0.1) is 12.7 Å². The monoisotopic (exact) mass is 245 g/mol. The van der Waals surface area contributed by atoms with E-state index in [9.17, 15) is 9.50 Å². The van der Waals surface area contributed by atoms with Gasteiger partial charge in [-0.15, -0.1) is 0 Å². The molecule has 0 amide bonds. The molecule has 1 fully saturated rings. The van der Waals surface area contributed by atoms with Crippen LogP contribution in [0, 0.1) is 12.7 Å². The second kappa shape index (κ2) is 4.57. The van der Waals surface area contributed by atoms with Gasteiger partial charge in [0.15, 0.2) is 11.6 Å². The van der Waals surface area contributed by atoms with Gasteiger partial charge >= 0.3 is 0 Å². The molecule has 1 unspecified atom stereocenters. The van der Waals surface area contributed by atoms with Gasteiger partial charge in [0.2, 0.25) is 0 Å². The maximum atomic E-state index is 13.4. The molecular weight excluding hydrogens is 233 g/mol. The zero-order valence-electron chi connectivity index (χ0n) is 8.89. The lowest BCUT2D eigenvalue weighted by Gasteiger charge is -2.26. The van der Waals surface area contributed by atoms with Gasteiger partial charge in [0.1, 0.15) is 0 Å². The predicted octanol–water partition coefficient (Wildman–Crippen LogP) is 2.15. The number of morpholine rings is 1. The Labute approximate surface area is 98.2 Å². The largest absolute Gasteiger partial charge is 0.505 e. The minimum absolute atomic E-state index is 0.305. The Hall–Kier alpha value is -0.840. The molecule has 0 aromatic heterocycles. The average molecular weight is 246 g/mol. The van der Waals surface area contributed by atoms with E-state index in [4.69, 9.17) is 16.3 Å². The highest BCUT2D eigenvalue weighted by atomic mass is 35.5. The van der Waals surface area contributed by atoms with E-state index in [1.165, 1.54) is 0 Å². The summed E-state index contributed by atoms with van der Waals surface area (Å²) in [4.78, 5) is 0. The summed E-state index contributed by atoms with van der Waals surface area (Å²) in [5, 5.41) is 13.1. The molecule has 1 heterocycles. The molecule has 0 spiro atoms. The minimum atomic E-state index is -0.709. The van der Waals surface area contributed by atoms with Crippen LogP contribution < -0.4 is 5.32 Å². The molecular formula is C11H13ClFNO2. The SMILES string of the molecule is Cc1c(Cl)cc(F)c(O)c1C1CNCCO1. The van der Waals surface area contributed by atoms with Crippen LogP contribution in [0.1, 0.15) is 17.2 Å². The minimum Gasteiger partial charge on any atom is -0.505 e. The highest BCUT2D eigenvalue weighted by molar-refractivity contribution is 6.31. The smallest absolute Gasteiger partial charge is 0.166 e. The normalized spacial score (nSPS) is 21.1. The molecule has 0 aliphatic carbocycles. The molecule has 2 N–H and O–H groups in total. The summed E-state index contributed by atoms with van der Waals surface area (Å²) in [5.74, 6) is -1.07. The standard InChI is InChI=1S/C11H13ClFNO2/c1-6-7(12)4-8(13)11(15)10(6)9-5-14-2-3-16-9/h4,9,14-15H,2-3,5H2,1H3. The summed E-state index contributed by atoms with van der Waals surface area (Å²) >= 11 is 5.88. The summed E-state index contributed by atoms with van der Waals surface area (Å²) in [6.07, 6.45) is -0.345. The number of aromatic hydroxyl groups is 1. The van der Waals surface area contributed by atoms with Crippen molar-refractivity contribution >= 4 is 11.6 Å². The first-order chi connectivity index (χ1) is 7.61. The van der Waals surface area contributed by atoms with E-state index < -0.39 is 5.82 Å². The lowest BCUT2D eigenvalue weighted by Crippen LogP contribution is -2.33. The summed E-state index contributed by atoms with van der Waals surface area (Å²) in [5.41, 5.74) is 1.10. The van der Waals surface area contributed by atoms with Gasteiger partial charge in [-0.1, -0.05) is 11.6 Å². The molecule has 3 nitrogen and oxygen atoms in total. The van der Waals surface area contributed by atoms with Gasteiger partial charge < -0.3 is 15.2 Å². The number of benzene rings is 1. The molecule has 16 heavy (non-hydrogen) atoms. The van der Waals surface area contributed by atoms with Gasteiger partial charge in [-0.25, -0.2) is 4.39 Å². The fourth-order valence-electron chi connectivity index (χ4n) is 1.87. The third-order valence-corrected chi connectivity index (χ3v) is 3.14. The van der Waals surface area contributed by atoms with Crippen LogP contribution >= 0.6 is 11.6 Å². The van der Waals surface area contributed by atoms with E-state index in [2.05, 4.69) is 5.32 Å². The third kappa shape index (κ3) is 2.00. The maximum absolute atomic E-state index is 13.4. The third-order valence-electron chi connectivity index (χ3n) is 2.75. The molecule has 2 rings (SSSR count). The molecule has 0 bridgehead atoms. The van der Waals surface area contributed by atoms with E-state index in [0.717, 1.165) is 12.6 Å². The van der Waals surface area contributed by atoms with Gasteiger partial charge in [0, 0.05) is 23.7 Å². The van der Waals surface area contributed by atoms with Crippen LogP contribution in [0.2, 0.25) is 5.02 Å². The zero-order valence-corrected chi connectivity index (χ0v) is 9.64. The summed E-state index contributed by atoms with van der Waals surface area (Å²) < 4.78 is 18.9. The molecule has 1 aromatic rings. The Bertz CT molecular complexity index is 379. The number of rotatable bonds is 1. The van der Waals surface area contributed by atoms with Crippen LogP contribution in [0.5, 0.6) is 5.75 Å². The van der Waals surface area contributed by atoms with Crippen molar-refractivity contribution in [2.75, 3.05) is 19.7 Å². The molecule has 5 heteroatoms. The van der Waals surface area contributed by atoms with Crippen molar-refractivity contribution in [3.8, 4) is 5.75 Å². The molecule has 0 radical (unpaired) electrons. The molecule has 1 aliphatic heterocycles. The fourth-order valence-corrected chi connectivity index (χ4v) is 2.07. The van der Waals surface area contributed by atoms with Gasteiger partial charge in [0.25, 0.3) is 0 Å². The fraction of sp³-hybridized carbons (Fsp3) is 0.455. The summed E-state index contributed by atoms with van der Waals surface area (Å²) in [6, 6.07) is 1.12. The van der Waals surface area contributed by atoms with Crippen molar-refractivity contribution < 1.29 is 14.2 Å². The van der Waals surface area contributed by atoms with Crippen LogP contribution in [0.4, 0.5) is 4.39 Å². The Balaban J connectivity index is 2.45. The first-order valence-corrected chi connectivity index (χ1v) is 5.49. The van der Waals surface area contributed by atoms with Crippen molar-refractivity contribution in [3.63, 3.8) is 0 Å². The van der Waals surface area contributed by atoms with E-state index >= 15 is 0 Å². The van der Waals surface area contributed by atoms with Crippen LogP contribution in [0.15, 0.2) is 6.07 Å². The zero-order chi connectivity index (χ0) is 11.7. The van der Waals surface area contributed by atoms with Crippen molar-refractivity contribution in [3.05, 3.63) is 28.0 Å². The van der Waals surface area contributed by atoms with Gasteiger partial charge in [-0.3, -0.25) is 0 Å². The summed E-state index contributed by atoms with van der Waals surface area (Å²) in [6.45, 7) is 3.60. The van der Waals surface area contributed by atoms with E-state index in [-0.39, 0.29) is 11.9 Å². The van der Waals surface area contributed by atoms with E-state index in [1.54, 1.807) is 6.92 Å². The molecule has 1 aliphatic rings. The molecule has 88 valence electrons. The van der Waals surface area contributed by atoms with Crippen LogP contribution in [0.25, 0.3) is 0 Å². The second-order valence-electron chi connectivity index (χ2n) is 3.79. The van der Waals surface area contributed by atoms with Crippen molar-refractivity contribution in [2.45, 2.75) is 13.0 Å². The van der Waals surface area contributed by atoms with Crippen molar-refractivity contribution in [2.24, 2.45) is 0 Å². The molecule has 0 saturated carbocycles. The van der Waals surface area contributed by atoms with Gasteiger partial charge in [-0.05, 0) is 18.6 Å². The number of halogens is 2. The number of phenolic OH excluding ortho intramolecular Hbond substituents is 1. The van der Waals surface area contributed by atoms with Gasteiger partial charge in [-0.2, -0.15) is 0 Å². The van der Waals surface area contributed by atoms with E-state index in [1.807, 2.05) is 0 Å². The van der Waals surface area contributed by atoms with Crippen LogP contribution in [-0.4, -0.2) is 24.8 Å². The Morgan fingerprint density at radius 3 is 3.00 bits per heavy atom. The number of hydrogen-bond donors (Lipinski definition) is 2. The van der Waals surface area contributed by atoms with E-state index in [0.29, 0.717) is 29.3 Å². The number of ether oxygens (including phenoxy) is 1. The lowest BCUT2D eigenvalue weighted by molar-refractivity contribution is 0.0256. The molecule has 1 atom stereocenters. The van der Waals surface area contributed by atoms with Crippen molar-refractivity contribution in [1.82, 2.24) is 5.32 Å². The highest BCUT2D eigenvalue weighted by Crippen LogP contribution is 2.36. The Morgan fingerprint density at radius 1 is 1.62 bits per heavy atom. The maximum Gasteiger partial charge on any atom is 0.166 e. The number of phenols is 1. The topological polar surface area (TPSA) is 41.5 Å². The average Bonchev–Trinajstić information content (AvgIpc) is 2.28. The van der Waals surface area contributed by atoms with Crippen LogP contribution in [0.3, 0.4) is 0 Å². The first kappa shape index (κ1) is 11.6. The number of nitrogens with one attached hydrogen (secondary N) is 1. The quantitative estimate of drug-likeness (QED) is 0.797. The predicted molar refractivity (Wildman–Crippen MR) is 59.4 cm³/mol. The summed E-state index contributed by atoms with van der Waals surface area (Å²) in [7, 11) is 0. The molecule has 1 aromatic carbocycles. The number of hydrogen-bond acceptors (Lipinski definition) is 3. The Morgan fingerprint density at radius 2 is 2.38 bits per heavy atom. The Kier molecular flexibility index (Phi) is 3.33. The highest BCUT2D eigenvalue weighted by Gasteiger charge is 2.24. The molecule has 1 saturated heterocycles. The second-order valence-corrected chi connectivity index (χ2v) is 4.20. The van der Waals surface area contributed by atoms with Crippen LogP contribution in [-0.2, 0) is 4.74 Å².